The van der Waals surface area contributed by atoms with Gasteiger partial charge in [-0.25, -0.2) is 4.79 Å². The number of carbonyl (C=O) groups excluding carboxylic acids is 3. The Hall–Kier alpha value is -1.06. The van der Waals surface area contributed by atoms with Crippen LogP contribution in [-0.2, 0) is 40.8 Å². The van der Waals surface area contributed by atoms with Crippen LogP contribution in [0.1, 0.15) is 67.7 Å². The van der Waals surface area contributed by atoms with Crippen molar-refractivity contribution in [2.75, 3.05) is 6.61 Å². The van der Waals surface area contributed by atoms with Crippen LogP contribution >= 0.6 is 0 Å². The average molecular weight is 441 g/mol. The van der Waals surface area contributed by atoms with Crippen molar-refractivity contribution in [2.24, 2.45) is 0 Å². The molecule has 0 saturated heterocycles. The molecule has 0 spiro atoms. The zero-order chi connectivity index (χ0) is 22.6. The number of esters is 1. The van der Waals surface area contributed by atoms with Crippen molar-refractivity contribution in [1.82, 2.24) is 0 Å². The number of hydrogen-bond acceptors (Lipinski definition) is 8. The van der Waals surface area contributed by atoms with Crippen LogP contribution in [0.5, 0.6) is 0 Å². The van der Waals surface area contributed by atoms with Crippen molar-refractivity contribution in [1.29, 1.82) is 0 Å². The molecule has 0 heterocycles. The number of aliphatic carboxylic acids is 1. The number of carboxylic acid groups (broad SMARTS) is 1. The molecule has 0 aliphatic heterocycles. The van der Waals surface area contributed by atoms with Crippen molar-refractivity contribution >= 4 is 17.7 Å². The third kappa shape index (κ3) is 73.5. The maximum absolute atomic E-state index is 10.9. The molecule has 0 aliphatic rings. The van der Waals surface area contributed by atoms with Gasteiger partial charge in [0.05, 0.1) is 6.61 Å². The minimum absolute atomic E-state index is 0. The fraction of sp³-hybridized carbons (Fsp3) is 0.737. The molecule has 0 aliphatic carbocycles. The van der Waals surface area contributed by atoms with Crippen LogP contribution in [0.15, 0.2) is 12.2 Å². The summed E-state index contributed by atoms with van der Waals surface area (Å²) in [7, 11) is 0. The molecule has 0 aromatic rings. The van der Waals surface area contributed by atoms with Crippen LogP contribution in [0, 0.1) is 0 Å². The summed E-state index contributed by atoms with van der Waals surface area (Å²) >= 11 is 0. The first-order valence-electron chi connectivity index (χ1n) is 8.71. The molecule has 0 amide bonds. The molecule has 28 heavy (non-hydrogen) atoms. The van der Waals surface area contributed by atoms with Crippen LogP contribution < -0.4 is 5.11 Å². The number of carboxylic acids is 1. The van der Waals surface area contributed by atoms with Gasteiger partial charge in [0.2, 0.25) is 0 Å². The second kappa shape index (κ2) is 25.9. The second-order valence-electron chi connectivity index (χ2n) is 6.39. The Morgan fingerprint density at radius 3 is 1.50 bits per heavy atom. The van der Waals surface area contributed by atoms with E-state index in [1.165, 1.54) is 6.92 Å². The average Bonchev–Trinajstić information content (AvgIpc) is 2.40. The first kappa shape index (κ1) is 37.7. The van der Waals surface area contributed by atoms with Crippen LogP contribution in [0.25, 0.3) is 0 Å². The van der Waals surface area contributed by atoms with E-state index in [1.807, 2.05) is 0 Å². The number of carbonyl (C=O) groups is 3. The number of ketones is 1. The topological polar surface area (TPSA) is 144 Å². The number of rotatable bonds is 7. The zero-order valence-corrected chi connectivity index (χ0v) is 19.7. The molecule has 0 atom stereocenters. The molecule has 3 N–H and O–H groups in total. The van der Waals surface area contributed by atoms with E-state index in [0.717, 1.165) is 0 Å². The summed E-state index contributed by atoms with van der Waals surface area (Å²) < 4.78 is 4.71. The molecule has 0 saturated carbocycles. The summed E-state index contributed by atoms with van der Waals surface area (Å²) in [6.45, 7) is 15.3. The van der Waals surface area contributed by atoms with E-state index < -0.39 is 24.1 Å². The van der Waals surface area contributed by atoms with Crippen molar-refractivity contribution in [3.8, 4) is 0 Å². The summed E-state index contributed by atoms with van der Waals surface area (Å²) in [5.41, 5.74) is 0.288. The molecule has 0 aromatic heterocycles. The number of hydrogen-bond donors (Lipinski definition) is 3. The van der Waals surface area contributed by atoms with E-state index in [4.69, 9.17) is 20.1 Å². The molecular weight excluding hydrogens is 404 g/mol. The van der Waals surface area contributed by atoms with E-state index >= 15 is 0 Å². The second-order valence-corrected chi connectivity index (χ2v) is 6.39. The summed E-state index contributed by atoms with van der Waals surface area (Å²) in [4.78, 5) is 31.7. The molecule has 0 bridgehead atoms. The molecule has 8 nitrogen and oxygen atoms in total. The Kier molecular flexibility index (Phi) is 34.9. The van der Waals surface area contributed by atoms with E-state index in [0.29, 0.717) is 6.42 Å². The Morgan fingerprint density at radius 1 is 0.929 bits per heavy atom. The Labute approximate surface area is 183 Å². The van der Waals surface area contributed by atoms with Crippen LogP contribution in [-0.4, -0.2) is 58.0 Å². The minimum atomic E-state index is -1.39. The predicted octanol–water partition coefficient (Wildman–Crippen LogP) is 0.754. The molecular formula is C19H37O8Ti-. The first-order chi connectivity index (χ1) is 12.1. The van der Waals surface area contributed by atoms with Gasteiger partial charge in [0.25, 0.3) is 0 Å². The quantitative estimate of drug-likeness (QED) is 0.173. The summed E-state index contributed by atoms with van der Waals surface area (Å²) in [5.74, 6) is -2.33. The molecule has 166 valence electrons. The van der Waals surface area contributed by atoms with Crippen LogP contribution in [0.2, 0.25) is 0 Å². The van der Waals surface area contributed by atoms with Crippen molar-refractivity contribution in [2.45, 2.75) is 86.0 Å². The van der Waals surface area contributed by atoms with E-state index in [9.17, 15) is 19.5 Å². The Balaban J connectivity index is -0.000000111. The number of aliphatic hydroxyl groups is 3. The Morgan fingerprint density at radius 2 is 1.25 bits per heavy atom. The van der Waals surface area contributed by atoms with Gasteiger partial charge < -0.3 is 30.0 Å². The van der Waals surface area contributed by atoms with Gasteiger partial charge >= 0.3 is 5.97 Å². The molecule has 0 radical (unpaired) electrons. The Bertz CT molecular complexity index is 384. The fourth-order valence-corrected chi connectivity index (χ4v) is 0.807. The summed E-state index contributed by atoms with van der Waals surface area (Å²) in [5, 5.41) is 34.2. The SMILES string of the molecule is C=C(C)C(=O)OCCCC(=O)CC(=O)[O-].CC(C)O.CC(C)O.CC(C)O.[Ti]. The molecule has 0 rings (SSSR count). The van der Waals surface area contributed by atoms with Gasteiger partial charge in [-0.2, -0.15) is 0 Å². The van der Waals surface area contributed by atoms with Crippen LogP contribution in [0.4, 0.5) is 0 Å². The smallest absolute Gasteiger partial charge is 0.333 e. The standard InChI is InChI=1S/C10H14O5.3C3H8O.Ti/c1-7(2)10(14)15-5-3-4-8(11)6-9(12)13;3*1-3(2)4;/h1,3-6H2,2H3,(H,12,13);3*3-4H,1-2H3;/p-1. The van der Waals surface area contributed by atoms with Gasteiger partial charge in [0, 0.05) is 64.4 Å². The third-order valence-electron chi connectivity index (χ3n) is 1.52. The van der Waals surface area contributed by atoms with Gasteiger partial charge in [0.15, 0.2) is 0 Å². The zero-order valence-electron chi connectivity index (χ0n) is 18.2. The number of ether oxygens (including phenoxy) is 1. The van der Waals surface area contributed by atoms with Crippen molar-refractivity contribution in [3.63, 3.8) is 0 Å². The van der Waals surface area contributed by atoms with Crippen molar-refractivity contribution < 1.29 is 61.3 Å². The summed E-state index contributed by atoms with van der Waals surface area (Å²) in [6.07, 6.45) is -0.711. The van der Waals surface area contributed by atoms with Crippen molar-refractivity contribution in [3.05, 3.63) is 12.2 Å². The third-order valence-corrected chi connectivity index (χ3v) is 1.52. The normalized spacial score (nSPS) is 8.89. The fourth-order valence-electron chi connectivity index (χ4n) is 0.807. The van der Waals surface area contributed by atoms with Gasteiger partial charge in [0.1, 0.15) is 5.78 Å². The molecule has 0 aromatic carbocycles. The maximum atomic E-state index is 10.9. The van der Waals surface area contributed by atoms with E-state index in [2.05, 4.69) is 6.58 Å². The van der Waals surface area contributed by atoms with Gasteiger partial charge in [-0.15, -0.1) is 0 Å². The van der Waals surface area contributed by atoms with Crippen LogP contribution in [0.3, 0.4) is 0 Å². The van der Waals surface area contributed by atoms with Gasteiger partial charge in [-0.3, -0.25) is 4.79 Å². The first-order valence-corrected chi connectivity index (χ1v) is 8.71. The molecule has 0 unspecified atom stereocenters. The van der Waals surface area contributed by atoms with Gasteiger partial charge in [-0.1, -0.05) is 6.58 Å². The van der Waals surface area contributed by atoms with E-state index in [1.54, 1.807) is 41.5 Å². The van der Waals surface area contributed by atoms with E-state index in [-0.39, 0.29) is 58.6 Å². The molecule has 0 fully saturated rings. The minimum Gasteiger partial charge on any atom is -0.550 e. The molecule has 9 heteroatoms. The number of aliphatic hydroxyl groups excluding tert-OH is 3. The number of Topliss-reactive ketones (excluding diaryl/α,β-unsaturated/α-hetero) is 1. The largest absolute Gasteiger partial charge is 0.550 e. The summed E-state index contributed by atoms with van der Waals surface area (Å²) in [6, 6.07) is 0. The van der Waals surface area contributed by atoms with Gasteiger partial charge in [-0.05, 0) is 54.9 Å². The monoisotopic (exact) mass is 441 g/mol. The maximum Gasteiger partial charge on any atom is 0.333 e. The predicted molar refractivity (Wildman–Crippen MR) is 102 cm³/mol.